The molecular weight excluding hydrogens is 242 g/mol. The molecule has 1 unspecified atom stereocenters. The SMILES string of the molecule is C=C(CC)CC(CCCCCCCCCCC)NCC. The molecule has 0 saturated heterocycles. The zero-order chi connectivity index (χ0) is 15.1. The summed E-state index contributed by atoms with van der Waals surface area (Å²) in [4.78, 5) is 0. The number of hydrogen-bond acceptors (Lipinski definition) is 1. The zero-order valence-electron chi connectivity index (χ0n) is 14.5. The summed E-state index contributed by atoms with van der Waals surface area (Å²) in [5.74, 6) is 0. The van der Waals surface area contributed by atoms with Crippen molar-refractivity contribution in [1.82, 2.24) is 5.32 Å². The van der Waals surface area contributed by atoms with Gasteiger partial charge in [0.2, 0.25) is 0 Å². The van der Waals surface area contributed by atoms with Crippen LogP contribution in [0.25, 0.3) is 0 Å². The Balaban J connectivity index is 3.46. The lowest BCUT2D eigenvalue weighted by Gasteiger charge is -2.18. The number of unbranched alkanes of at least 4 members (excludes halogenated alkanes) is 8. The van der Waals surface area contributed by atoms with Crippen molar-refractivity contribution in [3.8, 4) is 0 Å². The van der Waals surface area contributed by atoms with E-state index in [0.717, 1.165) is 13.0 Å². The molecule has 0 bridgehead atoms. The average molecular weight is 282 g/mol. The topological polar surface area (TPSA) is 12.0 Å². The van der Waals surface area contributed by atoms with Gasteiger partial charge in [-0.15, -0.1) is 0 Å². The summed E-state index contributed by atoms with van der Waals surface area (Å²) in [5, 5.41) is 3.61. The lowest BCUT2D eigenvalue weighted by molar-refractivity contribution is 0.455. The van der Waals surface area contributed by atoms with E-state index in [1.807, 2.05) is 0 Å². The van der Waals surface area contributed by atoms with Gasteiger partial charge in [-0.25, -0.2) is 0 Å². The summed E-state index contributed by atoms with van der Waals surface area (Å²) in [6, 6.07) is 0.664. The third kappa shape index (κ3) is 12.7. The Morgan fingerprint density at radius 2 is 1.40 bits per heavy atom. The largest absolute Gasteiger partial charge is 0.314 e. The molecule has 1 heteroatoms. The van der Waals surface area contributed by atoms with E-state index >= 15 is 0 Å². The van der Waals surface area contributed by atoms with Crippen molar-refractivity contribution < 1.29 is 0 Å². The van der Waals surface area contributed by atoms with E-state index < -0.39 is 0 Å². The Bertz CT molecular complexity index is 210. The fourth-order valence-electron chi connectivity index (χ4n) is 2.76. The molecular formula is C19H39N. The van der Waals surface area contributed by atoms with E-state index in [9.17, 15) is 0 Å². The van der Waals surface area contributed by atoms with Crippen LogP contribution in [0.15, 0.2) is 12.2 Å². The second-order valence-corrected chi connectivity index (χ2v) is 6.18. The number of nitrogens with one attached hydrogen (secondary N) is 1. The fraction of sp³-hybridized carbons (Fsp3) is 0.895. The number of rotatable bonds is 15. The lowest BCUT2D eigenvalue weighted by atomic mass is 9.99. The minimum atomic E-state index is 0.664. The lowest BCUT2D eigenvalue weighted by Crippen LogP contribution is -2.29. The molecule has 0 radical (unpaired) electrons. The molecule has 0 aromatic rings. The highest BCUT2D eigenvalue weighted by molar-refractivity contribution is 4.96. The Kier molecular flexibility index (Phi) is 14.9. The quantitative estimate of drug-likeness (QED) is 0.277. The van der Waals surface area contributed by atoms with E-state index in [-0.39, 0.29) is 0 Å². The Hall–Kier alpha value is -0.300. The first-order chi connectivity index (χ1) is 9.74. The van der Waals surface area contributed by atoms with Gasteiger partial charge >= 0.3 is 0 Å². The standard InChI is InChI=1S/C19H39N/c1-5-8-9-10-11-12-13-14-15-16-19(20-7-3)17-18(4)6-2/h19-20H,4-17H2,1-3H3. The smallest absolute Gasteiger partial charge is 0.0104 e. The first kappa shape index (κ1) is 19.7. The van der Waals surface area contributed by atoms with Crippen LogP contribution in [-0.4, -0.2) is 12.6 Å². The van der Waals surface area contributed by atoms with Gasteiger partial charge < -0.3 is 5.32 Å². The van der Waals surface area contributed by atoms with Gasteiger partial charge in [0, 0.05) is 6.04 Å². The molecule has 0 aromatic carbocycles. The highest BCUT2D eigenvalue weighted by Crippen LogP contribution is 2.15. The van der Waals surface area contributed by atoms with E-state index in [0.29, 0.717) is 6.04 Å². The van der Waals surface area contributed by atoms with Crippen LogP contribution in [-0.2, 0) is 0 Å². The Labute approximate surface area is 128 Å². The van der Waals surface area contributed by atoms with Crippen LogP contribution >= 0.6 is 0 Å². The summed E-state index contributed by atoms with van der Waals surface area (Å²) < 4.78 is 0. The van der Waals surface area contributed by atoms with Gasteiger partial charge in [-0.1, -0.05) is 90.7 Å². The predicted octanol–water partition coefficient (Wildman–Crippen LogP) is 6.24. The molecule has 0 spiro atoms. The maximum absolute atomic E-state index is 4.15. The van der Waals surface area contributed by atoms with Crippen molar-refractivity contribution in [2.45, 2.75) is 104 Å². The molecule has 0 saturated carbocycles. The molecule has 0 aliphatic heterocycles. The minimum absolute atomic E-state index is 0.664. The van der Waals surface area contributed by atoms with Gasteiger partial charge in [-0.05, 0) is 25.8 Å². The molecule has 0 fully saturated rings. The van der Waals surface area contributed by atoms with Crippen LogP contribution in [0.4, 0.5) is 0 Å². The predicted molar refractivity (Wildman–Crippen MR) is 93.4 cm³/mol. The van der Waals surface area contributed by atoms with Crippen molar-refractivity contribution in [1.29, 1.82) is 0 Å². The molecule has 0 aliphatic carbocycles. The van der Waals surface area contributed by atoms with E-state index in [1.54, 1.807) is 0 Å². The Morgan fingerprint density at radius 1 is 0.850 bits per heavy atom. The highest BCUT2D eigenvalue weighted by atomic mass is 14.9. The van der Waals surface area contributed by atoms with Crippen LogP contribution in [0.2, 0.25) is 0 Å². The van der Waals surface area contributed by atoms with Gasteiger partial charge in [0.15, 0.2) is 0 Å². The normalized spacial score (nSPS) is 12.6. The summed E-state index contributed by atoms with van der Waals surface area (Å²) in [6.45, 7) is 11.9. The van der Waals surface area contributed by atoms with Crippen LogP contribution in [0, 0.1) is 0 Å². The summed E-state index contributed by atoms with van der Waals surface area (Å²) in [5.41, 5.74) is 1.40. The maximum atomic E-state index is 4.15. The fourth-order valence-corrected chi connectivity index (χ4v) is 2.76. The summed E-state index contributed by atoms with van der Waals surface area (Å²) in [7, 11) is 0. The molecule has 1 N–H and O–H groups in total. The molecule has 120 valence electrons. The molecule has 0 aliphatic rings. The molecule has 0 rings (SSSR count). The monoisotopic (exact) mass is 281 g/mol. The average Bonchev–Trinajstić information content (AvgIpc) is 2.45. The van der Waals surface area contributed by atoms with Crippen LogP contribution in [0.3, 0.4) is 0 Å². The van der Waals surface area contributed by atoms with Gasteiger partial charge in [0.25, 0.3) is 0 Å². The summed E-state index contributed by atoms with van der Waals surface area (Å²) in [6.07, 6.45) is 16.4. The Morgan fingerprint density at radius 3 is 1.90 bits per heavy atom. The minimum Gasteiger partial charge on any atom is -0.314 e. The van der Waals surface area contributed by atoms with E-state index in [1.165, 1.54) is 76.2 Å². The van der Waals surface area contributed by atoms with Crippen molar-refractivity contribution in [2.24, 2.45) is 0 Å². The highest BCUT2D eigenvalue weighted by Gasteiger charge is 2.07. The molecule has 0 heterocycles. The van der Waals surface area contributed by atoms with Gasteiger partial charge in [-0.2, -0.15) is 0 Å². The van der Waals surface area contributed by atoms with Gasteiger partial charge in [-0.3, -0.25) is 0 Å². The summed E-state index contributed by atoms with van der Waals surface area (Å²) >= 11 is 0. The molecule has 1 nitrogen and oxygen atoms in total. The number of hydrogen-bond donors (Lipinski definition) is 1. The van der Waals surface area contributed by atoms with Crippen molar-refractivity contribution in [3.05, 3.63) is 12.2 Å². The van der Waals surface area contributed by atoms with Crippen LogP contribution in [0.1, 0.15) is 97.8 Å². The first-order valence-electron chi connectivity index (χ1n) is 9.14. The molecule has 20 heavy (non-hydrogen) atoms. The third-order valence-electron chi connectivity index (χ3n) is 4.18. The first-order valence-corrected chi connectivity index (χ1v) is 9.14. The second kappa shape index (κ2) is 15.1. The van der Waals surface area contributed by atoms with Crippen molar-refractivity contribution in [3.63, 3.8) is 0 Å². The molecule has 0 amide bonds. The van der Waals surface area contributed by atoms with Crippen LogP contribution in [0.5, 0.6) is 0 Å². The second-order valence-electron chi connectivity index (χ2n) is 6.18. The molecule has 0 aromatic heterocycles. The van der Waals surface area contributed by atoms with Crippen LogP contribution < -0.4 is 5.32 Å². The van der Waals surface area contributed by atoms with Gasteiger partial charge in [0.05, 0.1) is 0 Å². The van der Waals surface area contributed by atoms with Crippen molar-refractivity contribution >= 4 is 0 Å². The van der Waals surface area contributed by atoms with Gasteiger partial charge in [0.1, 0.15) is 0 Å². The third-order valence-corrected chi connectivity index (χ3v) is 4.18. The van der Waals surface area contributed by atoms with E-state index in [2.05, 4.69) is 32.7 Å². The molecule has 1 atom stereocenters. The van der Waals surface area contributed by atoms with E-state index in [4.69, 9.17) is 0 Å². The maximum Gasteiger partial charge on any atom is 0.0104 e. The van der Waals surface area contributed by atoms with Crippen molar-refractivity contribution in [2.75, 3.05) is 6.54 Å². The zero-order valence-corrected chi connectivity index (χ0v) is 14.5.